The molecule has 2 aromatic rings. The second-order valence-electron chi connectivity index (χ2n) is 4.37. The number of carbonyl (C=O) groups excluding carboxylic acids is 1. The number of aryl methyl sites for hydroxylation is 2. The first-order valence-corrected chi connectivity index (χ1v) is 7.80. The highest BCUT2D eigenvalue weighted by Gasteiger charge is 2.21. The zero-order valence-corrected chi connectivity index (χ0v) is 13.1. The number of hydrogen-bond donors (Lipinski definition) is 2. The van der Waals surface area contributed by atoms with Crippen molar-refractivity contribution in [3.05, 3.63) is 37.9 Å². The number of aromatic carboxylic acids is 1. The van der Waals surface area contributed by atoms with Gasteiger partial charge in [-0.2, -0.15) is 0 Å². The first kappa shape index (κ1) is 14.7. The number of amides is 1. The lowest BCUT2D eigenvalue weighted by Gasteiger charge is -2.02. The maximum absolute atomic E-state index is 12.2. The third-order valence-corrected chi connectivity index (χ3v) is 5.41. The molecule has 0 fully saturated rings. The molecule has 0 aliphatic heterocycles. The van der Waals surface area contributed by atoms with Gasteiger partial charge < -0.3 is 10.4 Å². The molecule has 1 amide bonds. The molecule has 0 aliphatic rings. The van der Waals surface area contributed by atoms with Crippen LogP contribution >= 0.6 is 22.7 Å². The molecule has 4 nitrogen and oxygen atoms in total. The molecule has 2 aromatic heterocycles. The van der Waals surface area contributed by atoms with Crippen molar-refractivity contribution >= 4 is 39.6 Å². The van der Waals surface area contributed by atoms with Gasteiger partial charge in [-0.1, -0.05) is 6.92 Å². The van der Waals surface area contributed by atoms with Crippen molar-refractivity contribution in [2.75, 3.05) is 5.32 Å². The van der Waals surface area contributed by atoms with E-state index in [0.29, 0.717) is 15.4 Å². The lowest BCUT2D eigenvalue weighted by atomic mass is 10.1. The number of carbonyl (C=O) groups is 2. The molecule has 2 N–H and O–H groups in total. The number of anilines is 1. The van der Waals surface area contributed by atoms with Crippen molar-refractivity contribution in [3.63, 3.8) is 0 Å². The Hall–Kier alpha value is -1.66. The molecular formula is C14H15NO3S2. The fraction of sp³-hybridized carbons (Fsp3) is 0.286. The van der Waals surface area contributed by atoms with Crippen molar-refractivity contribution < 1.29 is 14.7 Å². The second-order valence-corrected chi connectivity index (χ2v) is 6.76. The normalized spacial score (nSPS) is 10.6. The number of carboxylic acids is 1. The zero-order valence-electron chi connectivity index (χ0n) is 11.4. The van der Waals surface area contributed by atoms with E-state index in [0.717, 1.165) is 16.2 Å². The van der Waals surface area contributed by atoms with E-state index < -0.39 is 5.97 Å². The van der Waals surface area contributed by atoms with E-state index in [-0.39, 0.29) is 11.5 Å². The summed E-state index contributed by atoms with van der Waals surface area (Å²) in [5, 5.41) is 12.4. The number of thiophene rings is 2. The van der Waals surface area contributed by atoms with Crippen LogP contribution in [-0.4, -0.2) is 17.0 Å². The average Bonchev–Trinajstić information content (AvgIpc) is 2.95. The topological polar surface area (TPSA) is 66.4 Å². The predicted molar refractivity (Wildman–Crippen MR) is 82.4 cm³/mol. The van der Waals surface area contributed by atoms with Gasteiger partial charge in [0.15, 0.2) is 0 Å². The standard InChI is InChI=1S/C14H15NO3S2/c1-4-9-5-6-10(20-9)12(16)15-13-11(14(17)18)7(2)8(3)19-13/h5-6H,4H2,1-3H3,(H,15,16)(H,17,18). The Balaban J connectivity index is 2.28. The largest absolute Gasteiger partial charge is 0.478 e. The lowest BCUT2D eigenvalue weighted by molar-refractivity contribution is 0.0697. The molecule has 0 saturated heterocycles. The van der Waals surface area contributed by atoms with Crippen LogP contribution in [0.3, 0.4) is 0 Å². The number of carboxylic acid groups (broad SMARTS) is 1. The number of hydrogen-bond acceptors (Lipinski definition) is 4. The molecule has 0 aromatic carbocycles. The first-order valence-electron chi connectivity index (χ1n) is 6.17. The summed E-state index contributed by atoms with van der Waals surface area (Å²) in [5.41, 5.74) is 0.895. The van der Waals surface area contributed by atoms with Crippen LogP contribution in [0, 0.1) is 13.8 Å². The fourth-order valence-corrected chi connectivity index (χ4v) is 3.72. The van der Waals surface area contributed by atoms with Gasteiger partial charge in [0.25, 0.3) is 5.91 Å². The Morgan fingerprint density at radius 1 is 1.25 bits per heavy atom. The molecule has 106 valence electrons. The molecule has 2 heterocycles. The summed E-state index contributed by atoms with van der Waals surface area (Å²) in [6.07, 6.45) is 0.884. The van der Waals surface area contributed by atoms with Gasteiger partial charge in [0.1, 0.15) is 5.00 Å². The Labute approximate surface area is 125 Å². The van der Waals surface area contributed by atoms with Crippen LogP contribution < -0.4 is 5.32 Å². The number of nitrogens with one attached hydrogen (secondary N) is 1. The highest BCUT2D eigenvalue weighted by atomic mass is 32.1. The summed E-state index contributed by atoms with van der Waals surface area (Å²) < 4.78 is 0. The summed E-state index contributed by atoms with van der Waals surface area (Å²) in [4.78, 5) is 26.1. The van der Waals surface area contributed by atoms with E-state index in [4.69, 9.17) is 0 Å². The maximum Gasteiger partial charge on any atom is 0.338 e. The third kappa shape index (κ3) is 2.76. The first-order chi connectivity index (χ1) is 9.43. The highest BCUT2D eigenvalue weighted by Crippen LogP contribution is 2.33. The summed E-state index contributed by atoms with van der Waals surface area (Å²) in [6, 6.07) is 3.69. The third-order valence-electron chi connectivity index (χ3n) is 3.06. The molecule has 2 rings (SSSR count). The average molecular weight is 309 g/mol. The van der Waals surface area contributed by atoms with Gasteiger partial charge >= 0.3 is 5.97 Å². The van der Waals surface area contributed by atoms with Gasteiger partial charge in [-0.3, -0.25) is 4.79 Å². The van der Waals surface area contributed by atoms with Gasteiger partial charge in [-0.25, -0.2) is 4.79 Å². The van der Waals surface area contributed by atoms with Crippen molar-refractivity contribution in [2.45, 2.75) is 27.2 Å². The summed E-state index contributed by atoms with van der Waals surface area (Å²) in [5.74, 6) is -1.26. The smallest absolute Gasteiger partial charge is 0.338 e. The van der Waals surface area contributed by atoms with E-state index >= 15 is 0 Å². The summed E-state index contributed by atoms with van der Waals surface area (Å²) in [7, 11) is 0. The highest BCUT2D eigenvalue weighted by molar-refractivity contribution is 7.17. The van der Waals surface area contributed by atoms with Crippen molar-refractivity contribution in [2.24, 2.45) is 0 Å². The zero-order chi connectivity index (χ0) is 14.9. The van der Waals surface area contributed by atoms with E-state index in [9.17, 15) is 14.7 Å². The Morgan fingerprint density at radius 2 is 1.95 bits per heavy atom. The molecular weight excluding hydrogens is 294 g/mol. The predicted octanol–water partition coefficient (Wildman–Crippen LogP) is 3.94. The van der Waals surface area contributed by atoms with E-state index in [2.05, 4.69) is 5.32 Å². The van der Waals surface area contributed by atoms with Gasteiger partial charge in [-0.15, -0.1) is 22.7 Å². The van der Waals surface area contributed by atoms with Crippen molar-refractivity contribution in [1.82, 2.24) is 0 Å². The van der Waals surface area contributed by atoms with Crippen LogP contribution in [0.5, 0.6) is 0 Å². The molecule has 0 radical (unpaired) electrons. The second kappa shape index (κ2) is 5.76. The monoisotopic (exact) mass is 309 g/mol. The molecule has 0 bridgehead atoms. The minimum absolute atomic E-state index is 0.188. The van der Waals surface area contributed by atoms with Gasteiger partial charge in [0, 0.05) is 9.75 Å². The Morgan fingerprint density at radius 3 is 2.50 bits per heavy atom. The van der Waals surface area contributed by atoms with Crippen LogP contribution in [0.4, 0.5) is 5.00 Å². The number of rotatable bonds is 4. The van der Waals surface area contributed by atoms with E-state index in [1.54, 1.807) is 13.0 Å². The van der Waals surface area contributed by atoms with Gasteiger partial charge in [0.2, 0.25) is 0 Å². The van der Waals surface area contributed by atoms with Crippen LogP contribution in [0.2, 0.25) is 0 Å². The van der Waals surface area contributed by atoms with Crippen molar-refractivity contribution in [3.8, 4) is 0 Å². The van der Waals surface area contributed by atoms with Crippen LogP contribution in [0.25, 0.3) is 0 Å². The molecule has 0 saturated carbocycles. The maximum atomic E-state index is 12.2. The Bertz CT molecular complexity index is 670. The molecule has 6 heteroatoms. The van der Waals surface area contributed by atoms with Gasteiger partial charge in [0.05, 0.1) is 10.4 Å². The summed E-state index contributed by atoms with van der Waals surface area (Å²) in [6.45, 7) is 5.63. The lowest BCUT2D eigenvalue weighted by Crippen LogP contribution is -2.12. The fourth-order valence-electron chi connectivity index (χ4n) is 1.83. The SMILES string of the molecule is CCc1ccc(C(=O)Nc2sc(C)c(C)c2C(=O)O)s1. The molecule has 0 atom stereocenters. The Kier molecular flexibility index (Phi) is 4.25. The molecule has 0 aliphatic carbocycles. The molecule has 20 heavy (non-hydrogen) atoms. The minimum atomic E-state index is -1.01. The molecule has 0 unspecified atom stereocenters. The van der Waals surface area contributed by atoms with E-state index in [1.807, 2.05) is 19.9 Å². The quantitative estimate of drug-likeness (QED) is 0.899. The summed E-state index contributed by atoms with van der Waals surface area (Å²) >= 11 is 2.73. The van der Waals surface area contributed by atoms with E-state index in [1.165, 1.54) is 22.7 Å². The molecule has 0 spiro atoms. The van der Waals surface area contributed by atoms with Gasteiger partial charge in [-0.05, 0) is 38.0 Å². The van der Waals surface area contributed by atoms with Crippen LogP contribution in [0.1, 0.15) is 42.3 Å². The van der Waals surface area contributed by atoms with Crippen LogP contribution in [-0.2, 0) is 6.42 Å². The van der Waals surface area contributed by atoms with Crippen LogP contribution in [0.15, 0.2) is 12.1 Å². The van der Waals surface area contributed by atoms with Crippen molar-refractivity contribution in [1.29, 1.82) is 0 Å². The minimum Gasteiger partial charge on any atom is -0.478 e.